The number of carboxylic acids is 1. The van der Waals surface area contributed by atoms with Crippen LogP contribution in [0.25, 0.3) is 16.7 Å². The van der Waals surface area contributed by atoms with E-state index in [0.29, 0.717) is 12.8 Å². The lowest BCUT2D eigenvalue weighted by Gasteiger charge is -2.10. The summed E-state index contributed by atoms with van der Waals surface area (Å²) in [5.74, 6) is -0.522. The van der Waals surface area contributed by atoms with Crippen molar-refractivity contribution in [2.24, 2.45) is 5.92 Å². The summed E-state index contributed by atoms with van der Waals surface area (Å²) in [4.78, 5) is 15.5. The van der Waals surface area contributed by atoms with Crippen LogP contribution in [-0.4, -0.2) is 20.6 Å². The monoisotopic (exact) mass is 340 g/mol. The van der Waals surface area contributed by atoms with E-state index in [1.807, 2.05) is 35.8 Å². The van der Waals surface area contributed by atoms with Gasteiger partial charge in [0, 0.05) is 18.2 Å². The van der Waals surface area contributed by atoms with Gasteiger partial charge in [0.1, 0.15) is 11.6 Å². The van der Waals surface area contributed by atoms with Crippen LogP contribution in [0.5, 0.6) is 0 Å². The Kier molecular flexibility index (Phi) is 4.83. The van der Waals surface area contributed by atoms with Crippen molar-refractivity contribution >= 4 is 17.0 Å². The van der Waals surface area contributed by atoms with Crippen molar-refractivity contribution in [3.05, 3.63) is 59.7 Å². The number of hydrogen-bond acceptors (Lipinski definition) is 2. The van der Waals surface area contributed by atoms with E-state index in [1.165, 1.54) is 12.1 Å². The van der Waals surface area contributed by atoms with E-state index < -0.39 is 5.97 Å². The molecule has 3 rings (SSSR count). The van der Waals surface area contributed by atoms with Crippen LogP contribution in [0.3, 0.4) is 0 Å². The van der Waals surface area contributed by atoms with E-state index in [1.54, 1.807) is 13.0 Å². The van der Waals surface area contributed by atoms with Crippen LogP contribution in [0.1, 0.15) is 31.7 Å². The average Bonchev–Trinajstić information content (AvgIpc) is 2.97. The summed E-state index contributed by atoms with van der Waals surface area (Å²) in [7, 11) is 0. The molecule has 0 aliphatic rings. The molecule has 130 valence electrons. The van der Waals surface area contributed by atoms with Gasteiger partial charge in [-0.3, -0.25) is 9.36 Å². The maximum Gasteiger partial charge on any atom is 0.306 e. The second-order valence-corrected chi connectivity index (χ2v) is 6.29. The zero-order chi connectivity index (χ0) is 18.0. The fourth-order valence-corrected chi connectivity index (χ4v) is 2.94. The Hall–Kier alpha value is -2.69. The number of nitrogens with zero attached hydrogens (tertiary/aromatic N) is 2. The van der Waals surface area contributed by atoms with Gasteiger partial charge in [-0.2, -0.15) is 0 Å². The third kappa shape index (κ3) is 3.55. The minimum atomic E-state index is -0.767. The topological polar surface area (TPSA) is 55.1 Å². The first-order valence-electron chi connectivity index (χ1n) is 8.48. The number of carboxylic acid groups (broad SMARTS) is 1. The molecule has 0 aliphatic heterocycles. The highest BCUT2D eigenvalue weighted by Crippen LogP contribution is 2.23. The van der Waals surface area contributed by atoms with E-state index >= 15 is 0 Å². The molecular formula is C20H21FN2O2. The van der Waals surface area contributed by atoms with Crippen LogP contribution in [0.2, 0.25) is 0 Å². The van der Waals surface area contributed by atoms with Crippen molar-refractivity contribution in [1.82, 2.24) is 9.55 Å². The largest absolute Gasteiger partial charge is 0.481 e. The first-order chi connectivity index (χ1) is 12.0. The molecular weight excluding hydrogens is 319 g/mol. The van der Waals surface area contributed by atoms with Gasteiger partial charge < -0.3 is 5.11 Å². The lowest BCUT2D eigenvalue weighted by Crippen LogP contribution is -2.10. The number of fused-ring (bicyclic) bond motifs is 1. The molecule has 2 aromatic carbocycles. The summed E-state index contributed by atoms with van der Waals surface area (Å²) in [5.41, 5.74) is 3.55. The van der Waals surface area contributed by atoms with E-state index in [4.69, 9.17) is 5.11 Å². The molecule has 4 nitrogen and oxygen atoms in total. The van der Waals surface area contributed by atoms with Crippen molar-refractivity contribution in [1.29, 1.82) is 0 Å². The van der Waals surface area contributed by atoms with E-state index in [-0.39, 0.29) is 11.7 Å². The maximum absolute atomic E-state index is 13.7. The summed E-state index contributed by atoms with van der Waals surface area (Å²) >= 11 is 0. The molecule has 0 saturated carbocycles. The molecule has 5 heteroatoms. The molecule has 25 heavy (non-hydrogen) atoms. The Morgan fingerprint density at radius 1 is 1.24 bits per heavy atom. The highest BCUT2D eigenvalue weighted by Gasteiger charge is 2.13. The number of aryl methyl sites for hydroxylation is 2. The van der Waals surface area contributed by atoms with Crippen molar-refractivity contribution in [3.63, 3.8) is 0 Å². The fraction of sp³-hybridized carbons (Fsp3) is 0.300. The molecule has 1 N–H and O–H groups in total. The average molecular weight is 340 g/mol. The number of hydrogen-bond donors (Lipinski definition) is 1. The van der Waals surface area contributed by atoms with Crippen molar-refractivity contribution in [3.8, 4) is 5.69 Å². The van der Waals surface area contributed by atoms with E-state index in [0.717, 1.165) is 34.5 Å². The Balaban J connectivity index is 1.91. The van der Waals surface area contributed by atoms with Crippen LogP contribution >= 0.6 is 0 Å². The second-order valence-electron chi connectivity index (χ2n) is 6.29. The van der Waals surface area contributed by atoms with Crippen LogP contribution < -0.4 is 0 Å². The molecule has 0 amide bonds. The Morgan fingerprint density at radius 3 is 2.60 bits per heavy atom. The summed E-state index contributed by atoms with van der Waals surface area (Å²) in [6, 6.07) is 12.6. The molecule has 0 spiro atoms. The summed E-state index contributed by atoms with van der Waals surface area (Å²) in [5, 5.41) is 8.97. The predicted molar refractivity (Wildman–Crippen MR) is 95.5 cm³/mol. The highest BCUT2D eigenvalue weighted by atomic mass is 19.1. The highest BCUT2D eigenvalue weighted by molar-refractivity contribution is 5.78. The summed E-state index contributed by atoms with van der Waals surface area (Å²) < 4.78 is 15.6. The number of imidazole rings is 1. The number of carbonyl (C=O) groups is 1. The first kappa shape index (κ1) is 17.1. The minimum Gasteiger partial charge on any atom is -0.481 e. The molecule has 1 atom stereocenters. The quantitative estimate of drug-likeness (QED) is 0.724. The maximum atomic E-state index is 13.7. The number of aromatic nitrogens is 2. The molecule has 0 aliphatic carbocycles. The molecule has 1 heterocycles. The molecule has 1 unspecified atom stereocenters. The number of benzene rings is 2. The van der Waals surface area contributed by atoms with Crippen molar-refractivity contribution < 1.29 is 14.3 Å². The normalized spacial score (nSPS) is 12.4. The van der Waals surface area contributed by atoms with E-state index in [2.05, 4.69) is 4.98 Å². The Bertz CT molecular complexity index is 900. The SMILES string of the molecule is CCc1nc2ccc(F)cc2n1-c1ccc(CCC(C)C(=O)O)cc1. The van der Waals surface area contributed by atoms with E-state index in [9.17, 15) is 9.18 Å². The number of halogens is 1. The number of aliphatic carboxylic acids is 1. The zero-order valence-electron chi connectivity index (χ0n) is 14.4. The Labute approximate surface area is 145 Å². The van der Waals surface area contributed by atoms with Crippen LogP contribution in [-0.2, 0) is 17.6 Å². The van der Waals surface area contributed by atoms with Crippen LogP contribution in [0.4, 0.5) is 4.39 Å². The third-order valence-corrected chi connectivity index (χ3v) is 4.48. The van der Waals surface area contributed by atoms with Gasteiger partial charge in [-0.15, -0.1) is 0 Å². The fourth-order valence-electron chi connectivity index (χ4n) is 2.94. The molecule has 0 fully saturated rings. The van der Waals surface area contributed by atoms with Gasteiger partial charge in [-0.1, -0.05) is 26.0 Å². The summed E-state index contributed by atoms with van der Waals surface area (Å²) in [6.45, 7) is 3.74. The molecule has 0 saturated heterocycles. The van der Waals surface area contributed by atoms with Gasteiger partial charge in [-0.25, -0.2) is 9.37 Å². The van der Waals surface area contributed by atoms with Crippen molar-refractivity contribution in [2.75, 3.05) is 0 Å². The van der Waals surface area contributed by atoms with Gasteiger partial charge in [-0.05, 0) is 42.7 Å². The van der Waals surface area contributed by atoms with Gasteiger partial charge in [0.25, 0.3) is 0 Å². The third-order valence-electron chi connectivity index (χ3n) is 4.48. The zero-order valence-corrected chi connectivity index (χ0v) is 14.4. The standard InChI is InChI=1S/C20H21FN2O2/c1-3-19-22-17-11-8-15(21)12-18(17)23(19)16-9-6-14(7-10-16)5-4-13(2)20(24)25/h6-13H,3-5H2,1-2H3,(H,24,25). The lowest BCUT2D eigenvalue weighted by atomic mass is 10.0. The van der Waals surface area contributed by atoms with Crippen LogP contribution in [0.15, 0.2) is 42.5 Å². The Morgan fingerprint density at radius 2 is 1.96 bits per heavy atom. The van der Waals surface area contributed by atoms with Gasteiger partial charge in [0.15, 0.2) is 0 Å². The lowest BCUT2D eigenvalue weighted by molar-refractivity contribution is -0.141. The molecule has 3 aromatic rings. The van der Waals surface area contributed by atoms with Gasteiger partial charge >= 0.3 is 5.97 Å². The molecule has 1 aromatic heterocycles. The molecule has 0 bridgehead atoms. The smallest absolute Gasteiger partial charge is 0.306 e. The predicted octanol–water partition coefficient (Wildman–Crippen LogP) is 4.38. The van der Waals surface area contributed by atoms with Crippen molar-refractivity contribution in [2.45, 2.75) is 33.1 Å². The second kappa shape index (κ2) is 7.05. The van der Waals surface area contributed by atoms with Gasteiger partial charge in [0.05, 0.1) is 17.0 Å². The minimum absolute atomic E-state index is 0.282. The molecule has 0 radical (unpaired) electrons. The van der Waals surface area contributed by atoms with Gasteiger partial charge in [0.2, 0.25) is 0 Å². The summed E-state index contributed by atoms with van der Waals surface area (Å²) in [6.07, 6.45) is 2.07. The number of rotatable bonds is 6. The first-order valence-corrected chi connectivity index (χ1v) is 8.48. The van der Waals surface area contributed by atoms with Crippen LogP contribution in [0, 0.1) is 11.7 Å².